The molecule has 0 atom stereocenters. The highest BCUT2D eigenvalue weighted by Gasteiger charge is 2.17. The van der Waals surface area contributed by atoms with E-state index in [0.29, 0.717) is 0 Å². The van der Waals surface area contributed by atoms with Gasteiger partial charge in [-0.1, -0.05) is 11.8 Å². The van der Waals surface area contributed by atoms with E-state index < -0.39 is 5.60 Å². The molecule has 0 aliphatic carbocycles. The van der Waals surface area contributed by atoms with E-state index in [1.54, 1.807) is 37.6 Å². The summed E-state index contributed by atoms with van der Waals surface area (Å²) >= 11 is 1.71. The largest absolute Gasteiger partial charge is 0.378 e. The summed E-state index contributed by atoms with van der Waals surface area (Å²) in [7, 11) is 0. The second-order valence-corrected chi connectivity index (χ2v) is 7.91. The predicted molar refractivity (Wildman–Crippen MR) is 102 cm³/mol. The van der Waals surface area contributed by atoms with E-state index in [9.17, 15) is 5.11 Å². The average Bonchev–Trinajstić information content (AvgIpc) is 2.90. The van der Waals surface area contributed by atoms with Crippen LogP contribution in [0.2, 0.25) is 0 Å². The summed E-state index contributed by atoms with van der Waals surface area (Å²) in [5, 5.41) is 9.70. The predicted octanol–water partition coefficient (Wildman–Crippen LogP) is 2.37. The smallest absolute Gasteiger partial charge is 0.225 e. The van der Waals surface area contributed by atoms with E-state index in [1.807, 2.05) is 12.1 Å². The molecule has 3 heterocycles. The molecule has 25 heavy (non-hydrogen) atoms. The summed E-state index contributed by atoms with van der Waals surface area (Å²) in [5.74, 6) is 6.75. The van der Waals surface area contributed by atoms with E-state index in [1.165, 1.54) is 4.88 Å². The number of nitrogens with zero attached hydrogens (tertiary/aromatic N) is 4. The fourth-order valence-electron chi connectivity index (χ4n) is 2.75. The normalized spacial score (nSPS) is 16.2. The monoisotopic (exact) mass is 356 g/mol. The second-order valence-electron chi connectivity index (χ2n) is 6.74. The number of aliphatic hydroxyl groups is 1. The highest BCUT2D eigenvalue weighted by Crippen LogP contribution is 2.19. The van der Waals surface area contributed by atoms with Crippen LogP contribution in [0.5, 0.6) is 0 Å². The second kappa shape index (κ2) is 7.96. The zero-order valence-electron chi connectivity index (χ0n) is 14.8. The van der Waals surface area contributed by atoms with Crippen molar-refractivity contribution >= 4 is 17.3 Å². The molecule has 0 saturated carbocycles. The van der Waals surface area contributed by atoms with Crippen LogP contribution < -0.4 is 4.90 Å². The molecule has 0 aromatic carbocycles. The van der Waals surface area contributed by atoms with Crippen LogP contribution in [0.1, 0.15) is 30.0 Å². The maximum Gasteiger partial charge on any atom is 0.225 e. The molecule has 132 valence electrons. The van der Waals surface area contributed by atoms with Gasteiger partial charge in [-0.05, 0) is 38.5 Å². The maximum absolute atomic E-state index is 9.70. The SMILES string of the molecule is CC(C)(O)C#Cc1ccc(CN2CCCN(c3ncccn3)CC2)s1. The first-order valence-electron chi connectivity index (χ1n) is 8.58. The van der Waals surface area contributed by atoms with Gasteiger partial charge in [0.1, 0.15) is 5.60 Å². The Morgan fingerprint density at radius 3 is 2.72 bits per heavy atom. The summed E-state index contributed by atoms with van der Waals surface area (Å²) in [4.78, 5) is 15.8. The quantitative estimate of drug-likeness (QED) is 0.856. The Labute approximate surface area is 153 Å². The van der Waals surface area contributed by atoms with Gasteiger partial charge in [-0.15, -0.1) is 11.3 Å². The third-order valence-corrected chi connectivity index (χ3v) is 4.94. The lowest BCUT2D eigenvalue weighted by atomic mass is 10.1. The summed E-state index contributed by atoms with van der Waals surface area (Å²) in [6, 6.07) is 6.03. The topological polar surface area (TPSA) is 52.5 Å². The lowest BCUT2D eigenvalue weighted by Crippen LogP contribution is -2.31. The Kier molecular flexibility index (Phi) is 5.69. The fourth-order valence-corrected chi connectivity index (χ4v) is 3.65. The molecule has 0 bridgehead atoms. The minimum absolute atomic E-state index is 0.824. The molecule has 0 radical (unpaired) electrons. The van der Waals surface area contributed by atoms with E-state index in [2.05, 4.69) is 37.7 Å². The van der Waals surface area contributed by atoms with Crippen molar-refractivity contribution in [1.82, 2.24) is 14.9 Å². The standard InChI is InChI=1S/C19H24N4OS/c1-19(2,24)8-7-16-5-6-17(25-16)15-22-11-4-12-23(14-13-22)18-20-9-3-10-21-18/h3,5-6,9-10,24H,4,11-15H2,1-2H3. The van der Waals surface area contributed by atoms with Gasteiger partial charge in [0.05, 0.1) is 4.88 Å². The fraction of sp³-hybridized carbons (Fsp3) is 0.474. The first kappa shape index (κ1) is 17.9. The van der Waals surface area contributed by atoms with Gasteiger partial charge in [-0.3, -0.25) is 4.90 Å². The van der Waals surface area contributed by atoms with E-state index >= 15 is 0 Å². The number of hydrogen-bond acceptors (Lipinski definition) is 6. The highest BCUT2D eigenvalue weighted by atomic mass is 32.1. The lowest BCUT2D eigenvalue weighted by molar-refractivity contribution is 0.143. The maximum atomic E-state index is 9.70. The summed E-state index contributed by atoms with van der Waals surface area (Å²) in [5.41, 5.74) is -0.947. The summed E-state index contributed by atoms with van der Waals surface area (Å²) in [6.07, 6.45) is 4.70. The molecular formula is C19H24N4OS. The van der Waals surface area contributed by atoms with Crippen LogP contribution in [0, 0.1) is 11.8 Å². The van der Waals surface area contributed by atoms with Crippen molar-refractivity contribution in [3.05, 3.63) is 40.3 Å². The minimum Gasteiger partial charge on any atom is -0.378 e. The van der Waals surface area contributed by atoms with Crippen molar-refractivity contribution < 1.29 is 5.11 Å². The molecule has 1 N–H and O–H groups in total. The third kappa shape index (κ3) is 5.53. The first-order chi connectivity index (χ1) is 12.0. The van der Waals surface area contributed by atoms with Crippen molar-refractivity contribution in [3.63, 3.8) is 0 Å². The molecule has 0 unspecified atom stereocenters. The van der Waals surface area contributed by atoms with Gasteiger partial charge < -0.3 is 10.0 Å². The van der Waals surface area contributed by atoms with Crippen molar-refractivity contribution in [2.45, 2.75) is 32.4 Å². The van der Waals surface area contributed by atoms with Crippen molar-refractivity contribution in [2.24, 2.45) is 0 Å². The zero-order chi connectivity index (χ0) is 17.7. The Hall–Kier alpha value is -1.94. The molecule has 1 aliphatic rings. The molecule has 0 spiro atoms. The lowest BCUT2D eigenvalue weighted by Gasteiger charge is -2.21. The van der Waals surface area contributed by atoms with E-state index in [4.69, 9.17) is 0 Å². The Balaban J connectivity index is 1.57. The Bertz CT molecular complexity index is 742. The molecule has 6 heteroatoms. The van der Waals surface area contributed by atoms with Crippen LogP contribution in [0.25, 0.3) is 0 Å². The first-order valence-corrected chi connectivity index (χ1v) is 9.40. The van der Waals surface area contributed by atoms with Gasteiger partial charge in [0.2, 0.25) is 5.95 Å². The summed E-state index contributed by atoms with van der Waals surface area (Å²) in [6.45, 7) is 8.36. The van der Waals surface area contributed by atoms with Crippen molar-refractivity contribution in [2.75, 3.05) is 31.1 Å². The van der Waals surface area contributed by atoms with Gasteiger partial charge in [-0.2, -0.15) is 0 Å². The van der Waals surface area contributed by atoms with Gasteiger partial charge in [0.15, 0.2) is 0 Å². The number of anilines is 1. The Morgan fingerprint density at radius 2 is 1.96 bits per heavy atom. The van der Waals surface area contributed by atoms with Crippen LogP contribution >= 0.6 is 11.3 Å². The average molecular weight is 356 g/mol. The van der Waals surface area contributed by atoms with Crippen LogP contribution in [0.15, 0.2) is 30.6 Å². The minimum atomic E-state index is -0.947. The molecule has 0 amide bonds. The number of hydrogen-bond donors (Lipinski definition) is 1. The summed E-state index contributed by atoms with van der Waals surface area (Å²) < 4.78 is 0. The third-order valence-electron chi connectivity index (χ3n) is 3.96. The molecule has 5 nitrogen and oxygen atoms in total. The molecule has 2 aromatic rings. The van der Waals surface area contributed by atoms with Gasteiger partial charge >= 0.3 is 0 Å². The van der Waals surface area contributed by atoms with Crippen LogP contribution in [0.4, 0.5) is 5.95 Å². The van der Waals surface area contributed by atoms with Crippen molar-refractivity contribution in [3.8, 4) is 11.8 Å². The molecule has 3 rings (SSSR count). The highest BCUT2D eigenvalue weighted by molar-refractivity contribution is 7.12. The van der Waals surface area contributed by atoms with Crippen molar-refractivity contribution in [1.29, 1.82) is 0 Å². The van der Waals surface area contributed by atoms with E-state index in [-0.39, 0.29) is 0 Å². The van der Waals surface area contributed by atoms with Gasteiger partial charge in [0.25, 0.3) is 0 Å². The molecule has 1 saturated heterocycles. The van der Waals surface area contributed by atoms with Gasteiger partial charge in [0, 0.05) is 50.0 Å². The number of rotatable bonds is 3. The molecule has 2 aromatic heterocycles. The number of aromatic nitrogens is 2. The zero-order valence-corrected chi connectivity index (χ0v) is 15.6. The van der Waals surface area contributed by atoms with Crippen LogP contribution in [0.3, 0.4) is 0 Å². The van der Waals surface area contributed by atoms with E-state index in [0.717, 1.165) is 50.0 Å². The molecule has 1 aliphatic heterocycles. The van der Waals surface area contributed by atoms with Crippen LogP contribution in [-0.4, -0.2) is 51.8 Å². The molecular weight excluding hydrogens is 332 g/mol. The van der Waals surface area contributed by atoms with Gasteiger partial charge in [-0.25, -0.2) is 9.97 Å². The number of thiophene rings is 1. The molecule has 1 fully saturated rings. The Morgan fingerprint density at radius 1 is 1.16 bits per heavy atom. The van der Waals surface area contributed by atoms with Crippen LogP contribution in [-0.2, 0) is 6.54 Å².